The van der Waals surface area contributed by atoms with Crippen LogP contribution in [-0.2, 0) is 4.79 Å². The van der Waals surface area contributed by atoms with Crippen molar-refractivity contribution in [1.82, 2.24) is 14.8 Å². The predicted octanol–water partition coefficient (Wildman–Crippen LogP) is 6.38. The molecular weight excluding hydrogens is 458 g/mol. The van der Waals surface area contributed by atoms with Crippen LogP contribution in [0.1, 0.15) is 45.7 Å². The van der Waals surface area contributed by atoms with Crippen molar-refractivity contribution in [3.8, 4) is 11.9 Å². The Morgan fingerprint density at radius 2 is 1.59 bits per heavy atom. The topological polar surface area (TPSA) is 83.6 Å². The fourth-order valence-electron chi connectivity index (χ4n) is 4.83. The first kappa shape index (κ1) is 24.0. The minimum atomic E-state index is -0.208. The summed E-state index contributed by atoms with van der Waals surface area (Å²) in [6.45, 7) is 6.13. The Labute approximate surface area is 216 Å². The van der Waals surface area contributed by atoms with Gasteiger partial charge in [0.2, 0.25) is 5.91 Å². The molecule has 2 heterocycles. The quantitative estimate of drug-likeness (QED) is 0.303. The van der Waals surface area contributed by atoms with Crippen molar-refractivity contribution in [3.05, 3.63) is 118 Å². The normalized spacial score (nSPS) is 11.0. The first-order valence-electron chi connectivity index (χ1n) is 12.2. The number of aryl methyl sites for hydroxylation is 3. The third-order valence-corrected chi connectivity index (χ3v) is 6.60. The highest BCUT2D eigenvalue weighted by Gasteiger charge is 2.22. The Morgan fingerprint density at radius 3 is 2.22 bits per heavy atom. The molecule has 0 bridgehead atoms. The molecule has 5 aromatic rings. The van der Waals surface area contributed by atoms with Crippen LogP contribution in [0, 0.1) is 32.1 Å². The van der Waals surface area contributed by atoms with Crippen molar-refractivity contribution < 1.29 is 4.79 Å². The number of hydrogen-bond acceptors (Lipinski definition) is 4. The molecule has 6 nitrogen and oxygen atoms in total. The number of rotatable bonds is 6. The zero-order valence-electron chi connectivity index (χ0n) is 21.1. The number of nitrogens with zero attached hydrogens (tertiary/aromatic N) is 4. The number of hydrogen-bond donors (Lipinski definition) is 1. The monoisotopic (exact) mass is 485 g/mol. The molecule has 0 saturated carbocycles. The minimum absolute atomic E-state index is 0.128. The highest BCUT2D eigenvalue weighted by molar-refractivity contribution is 5.92. The second-order valence-corrected chi connectivity index (χ2v) is 9.33. The van der Waals surface area contributed by atoms with Crippen LogP contribution in [0.15, 0.2) is 85.1 Å². The lowest BCUT2D eigenvalue weighted by molar-refractivity contribution is -0.116. The molecule has 0 saturated heterocycles. The van der Waals surface area contributed by atoms with E-state index in [-0.39, 0.29) is 23.8 Å². The number of carbonyl (C=O) groups excluding carboxylic acids is 1. The van der Waals surface area contributed by atoms with Gasteiger partial charge in [0.15, 0.2) is 11.6 Å². The van der Waals surface area contributed by atoms with Crippen molar-refractivity contribution in [2.45, 2.75) is 33.1 Å². The van der Waals surface area contributed by atoms with E-state index >= 15 is 0 Å². The van der Waals surface area contributed by atoms with Crippen LogP contribution in [0.3, 0.4) is 0 Å². The Morgan fingerprint density at radius 1 is 0.946 bits per heavy atom. The summed E-state index contributed by atoms with van der Waals surface area (Å²) in [4.78, 5) is 18.3. The summed E-state index contributed by atoms with van der Waals surface area (Å²) in [6.07, 6.45) is 1.68. The number of nitriles is 1. The first-order valence-corrected chi connectivity index (χ1v) is 12.2. The predicted molar refractivity (Wildman–Crippen MR) is 146 cm³/mol. The molecule has 0 radical (unpaired) electrons. The van der Waals surface area contributed by atoms with Crippen LogP contribution < -0.4 is 5.32 Å². The number of benzene rings is 3. The van der Waals surface area contributed by atoms with Gasteiger partial charge in [-0.2, -0.15) is 15.0 Å². The molecule has 182 valence electrons. The molecule has 0 atom stereocenters. The van der Waals surface area contributed by atoms with E-state index in [1.54, 1.807) is 4.68 Å². The summed E-state index contributed by atoms with van der Waals surface area (Å²) in [5.74, 6) is 0.538. The van der Waals surface area contributed by atoms with Gasteiger partial charge in [0, 0.05) is 17.7 Å². The SMILES string of the molecule is Cc1cc(C)c2nc(-n3ncc(C#N)c3NC(=O)CC(c3ccccc3)c3ccccc3)cc(C)c2c1. The van der Waals surface area contributed by atoms with E-state index in [4.69, 9.17) is 4.98 Å². The standard InChI is InChI=1S/C31H27N5O/c1-20-14-22(3)30-26(15-20)21(2)16-28(34-30)36-31(25(18-32)19-33-36)35-29(37)17-27(23-10-6-4-7-11-23)24-12-8-5-9-13-24/h4-16,19,27H,17H2,1-3H3,(H,35,37). The Balaban J connectivity index is 1.50. The average molecular weight is 486 g/mol. The van der Waals surface area contributed by atoms with Gasteiger partial charge in [-0.25, -0.2) is 4.98 Å². The van der Waals surface area contributed by atoms with E-state index in [9.17, 15) is 10.1 Å². The second kappa shape index (κ2) is 10.1. The number of aromatic nitrogens is 3. The van der Waals surface area contributed by atoms with Crippen LogP contribution in [-0.4, -0.2) is 20.7 Å². The first-order chi connectivity index (χ1) is 17.9. The molecule has 3 aromatic carbocycles. The smallest absolute Gasteiger partial charge is 0.226 e. The number of anilines is 1. The molecule has 6 heteroatoms. The fraction of sp³-hybridized carbons (Fsp3) is 0.161. The average Bonchev–Trinajstić information content (AvgIpc) is 3.31. The van der Waals surface area contributed by atoms with E-state index < -0.39 is 0 Å². The van der Waals surface area contributed by atoms with Crippen molar-refractivity contribution >= 4 is 22.6 Å². The lowest BCUT2D eigenvalue weighted by atomic mass is 9.88. The summed E-state index contributed by atoms with van der Waals surface area (Å²) in [6, 6.07) is 28.2. The number of pyridine rings is 1. The van der Waals surface area contributed by atoms with Gasteiger partial charge in [-0.3, -0.25) is 4.79 Å². The van der Waals surface area contributed by atoms with Crippen LogP contribution in [0.2, 0.25) is 0 Å². The third kappa shape index (κ3) is 4.85. The molecule has 0 spiro atoms. The molecule has 2 aromatic heterocycles. The van der Waals surface area contributed by atoms with Crippen LogP contribution in [0.5, 0.6) is 0 Å². The lowest BCUT2D eigenvalue weighted by Gasteiger charge is -2.18. The molecular formula is C31H27N5O. The molecule has 0 aliphatic carbocycles. The van der Waals surface area contributed by atoms with E-state index in [1.165, 1.54) is 11.8 Å². The summed E-state index contributed by atoms with van der Waals surface area (Å²) in [7, 11) is 0. The van der Waals surface area contributed by atoms with Crippen LogP contribution >= 0.6 is 0 Å². The Hall–Kier alpha value is -4.76. The zero-order chi connectivity index (χ0) is 25.9. The molecule has 1 N–H and O–H groups in total. The number of amides is 1. The van der Waals surface area contributed by atoms with E-state index in [0.29, 0.717) is 11.6 Å². The Bertz CT molecular complexity index is 1590. The highest BCUT2D eigenvalue weighted by Crippen LogP contribution is 2.30. The van der Waals surface area contributed by atoms with Gasteiger partial charge in [-0.05, 0) is 55.2 Å². The Kier molecular flexibility index (Phi) is 6.53. The van der Waals surface area contributed by atoms with Crippen molar-refractivity contribution in [1.29, 1.82) is 5.26 Å². The lowest BCUT2D eigenvalue weighted by Crippen LogP contribution is -2.19. The number of nitrogens with one attached hydrogen (secondary N) is 1. The van der Waals surface area contributed by atoms with Crippen LogP contribution in [0.4, 0.5) is 5.82 Å². The van der Waals surface area contributed by atoms with Gasteiger partial charge >= 0.3 is 0 Å². The summed E-state index contributed by atoms with van der Waals surface area (Å²) in [5.41, 5.74) is 6.54. The van der Waals surface area contributed by atoms with Gasteiger partial charge in [0.25, 0.3) is 0 Å². The van der Waals surface area contributed by atoms with Crippen LogP contribution in [0.25, 0.3) is 16.7 Å². The summed E-state index contributed by atoms with van der Waals surface area (Å²) in [5, 5.41) is 18.2. The van der Waals surface area contributed by atoms with E-state index in [2.05, 4.69) is 35.5 Å². The largest absolute Gasteiger partial charge is 0.309 e. The number of carbonyl (C=O) groups is 1. The second-order valence-electron chi connectivity index (χ2n) is 9.33. The van der Waals surface area contributed by atoms with Crippen molar-refractivity contribution in [2.24, 2.45) is 0 Å². The molecule has 0 aliphatic rings. The molecule has 1 amide bonds. The summed E-state index contributed by atoms with van der Waals surface area (Å²) >= 11 is 0. The third-order valence-electron chi connectivity index (χ3n) is 6.60. The van der Waals surface area contributed by atoms with Gasteiger partial charge in [-0.15, -0.1) is 0 Å². The van der Waals surface area contributed by atoms with Gasteiger partial charge in [0.1, 0.15) is 11.6 Å². The fourth-order valence-corrected chi connectivity index (χ4v) is 4.83. The maximum absolute atomic E-state index is 13.4. The van der Waals surface area contributed by atoms with E-state index in [1.807, 2.05) is 80.6 Å². The van der Waals surface area contributed by atoms with Gasteiger partial charge < -0.3 is 5.32 Å². The number of fused-ring (bicyclic) bond motifs is 1. The van der Waals surface area contributed by atoms with E-state index in [0.717, 1.165) is 33.2 Å². The molecule has 37 heavy (non-hydrogen) atoms. The molecule has 0 unspecified atom stereocenters. The minimum Gasteiger partial charge on any atom is -0.309 e. The molecule has 0 fully saturated rings. The van der Waals surface area contributed by atoms with Gasteiger partial charge in [-0.1, -0.05) is 72.3 Å². The molecule has 5 rings (SSSR count). The van der Waals surface area contributed by atoms with Crippen molar-refractivity contribution in [3.63, 3.8) is 0 Å². The highest BCUT2D eigenvalue weighted by atomic mass is 16.1. The summed E-state index contributed by atoms with van der Waals surface area (Å²) < 4.78 is 1.54. The zero-order valence-corrected chi connectivity index (χ0v) is 21.1. The molecule has 0 aliphatic heterocycles. The van der Waals surface area contributed by atoms with Gasteiger partial charge in [0.05, 0.1) is 11.7 Å². The maximum atomic E-state index is 13.4. The van der Waals surface area contributed by atoms with Crippen molar-refractivity contribution in [2.75, 3.05) is 5.32 Å². The maximum Gasteiger partial charge on any atom is 0.226 e.